The zero-order valence-electron chi connectivity index (χ0n) is 24.1. The van der Waals surface area contributed by atoms with Crippen molar-refractivity contribution in [1.82, 2.24) is 15.5 Å². The first kappa shape index (κ1) is 29.9. The Morgan fingerprint density at radius 1 is 1.00 bits per heavy atom. The fourth-order valence-corrected chi connectivity index (χ4v) is 5.38. The van der Waals surface area contributed by atoms with Crippen LogP contribution in [0.3, 0.4) is 0 Å². The van der Waals surface area contributed by atoms with Crippen LogP contribution in [0, 0.1) is 0 Å². The molecule has 0 radical (unpaired) electrons. The highest BCUT2D eigenvalue weighted by Gasteiger charge is 2.38. The van der Waals surface area contributed by atoms with Crippen molar-refractivity contribution in [3.63, 3.8) is 0 Å². The van der Waals surface area contributed by atoms with Crippen LogP contribution in [-0.2, 0) is 23.8 Å². The first-order valence-corrected chi connectivity index (χ1v) is 14.1. The van der Waals surface area contributed by atoms with Crippen molar-refractivity contribution in [1.29, 1.82) is 0 Å². The zero-order chi connectivity index (χ0) is 29.6. The standard InChI is InChI=1S/C31H39N3O7/c1-31(2,3)41-30(38)34-18-10-16-26(34)27(35)33-25(28(36)39-4)15-9-17-32-29(37)40-19-24-22-13-7-5-11-20(22)21-12-6-8-14-23(21)24/h5-8,11-14,24-26H,9-10,15-19H2,1-4H3,(H,32,37)(H,33,35)/t25?,26-/m0/s1. The molecule has 0 spiro atoms. The van der Waals surface area contributed by atoms with Crippen molar-refractivity contribution in [3.05, 3.63) is 59.7 Å². The van der Waals surface area contributed by atoms with E-state index in [2.05, 4.69) is 34.9 Å². The van der Waals surface area contributed by atoms with Crippen molar-refractivity contribution in [2.75, 3.05) is 26.8 Å². The maximum absolute atomic E-state index is 13.0. The molecular weight excluding hydrogens is 526 g/mol. The fourth-order valence-electron chi connectivity index (χ4n) is 5.38. The number of alkyl carbamates (subject to hydrolysis) is 1. The number of rotatable bonds is 9. The smallest absolute Gasteiger partial charge is 0.410 e. The number of ether oxygens (including phenoxy) is 3. The van der Waals surface area contributed by atoms with Gasteiger partial charge in [0.15, 0.2) is 0 Å². The van der Waals surface area contributed by atoms with Crippen molar-refractivity contribution in [2.45, 2.75) is 70.1 Å². The van der Waals surface area contributed by atoms with E-state index in [0.29, 0.717) is 25.8 Å². The summed E-state index contributed by atoms with van der Waals surface area (Å²) < 4.78 is 15.9. The molecule has 4 rings (SSSR count). The molecule has 41 heavy (non-hydrogen) atoms. The molecule has 1 aliphatic carbocycles. The van der Waals surface area contributed by atoms with E-state index in [1.165, 1.54) is 12.0 Å². The molecule has 2 aromatic rings. The van der Waals surface area contributed by atoms with E-state index in [9.17, 15) is 19.2 Å². The average Bonchev–Trinajstić information content (AvgIpc) is 3.56. The summed E-state index contributed by atoms with van der Waals surface area (Å²) in [6, 6.07) is 14.6. The molecule has 0 bridgehead atoms. The number of methoxy groups -OCH3 is 1. The highest BCUT2D eigenvalue weighted by atomic mass is 16.6. The lowest BCUT2D eigenvalue weighted by molar-refractivity contribution is -0.145. The number of esters is 1. The van der Waals surface area contributed by atoms with Crippen LogP contribution in [-0.4, -0.2) is 73.5 Å². The van der Waals surface area contributed by atoms with Crippen molar-refractivity contribution < 1.29 is 33.4 Å². The average molecular weight is 566 g/mol. The maximum Gasteiger partial charge on any atom is 0.410 e. The number of carbonyl (C=O) groups is 4. The van der Waals surface area contributed by atoms with E-state index in [0.717, 1.165) is 22.3 Å². The molecule has 0 saturated carbocycles. The second-order valence-electron chi connectivity index (χ2n) is 11.3. The number of fused-ring (bicyclic) bond motifs is 3. The summed E-state index contributed by atoms with van der Waals surface area (Å²) in [5.41, 5.74) is 3.88. The number of hydrogen-bond acceptors (Lipinski definition) is 7. The molecule has 1 fully saturated rings. The first-order chi connectivity index (χ1) is 19.6. The molecule has 10 heteroatoms. The Hall–Kier alpha value is -4.08. The Balaban J connectivity index is 1.25. The van der Waals surface area contributed by atoms with E-state index < -0.39 is 41.7 Å². The molecular formula is C31H39N3O7. The van der Waals surface area contributed by atoms with Gasteiger partial charge in [0, 0.05) is 19.0 Å². The summed E-state index contributed by atoms with van der Waals surface area (Å²) in [5.74, 6) is -1.07. The van der Waals surface area contributed by atoms with E-state index in [-0.39, 0.29) is 25.5 Å². The minimum absolute atomic E-state index is 0.0390. The van der Waals surface area contributed by atoms with Gasteiger partial charge in [-0.25, -0.2) is 14.4 Å². The van der Waals surface area contributed by atoms with Crippen LogP contribution in [0.4, 0.5) is 9.59 Å². The van der Waals surface area contributed by atoms with Crippen LogP contribution in [0.15, 0.2) is 48.5 Å². The summed E-state index contributed by atoms with van der Waals surface area (Å²) in [6.07, 6.45) is 0.653. The van der Waals surface area contributed by atoms with Gasteiger partial charge in [0.25, 0.3) is 0 Å². The summed E-state index contributed by atoms with van der Waals surface area (Å²) in [7, 11) is 1.25. The van der Waals surface area contributed by atoms with Crippen molar-refractivity contribution in [3.8, 4) is 11.1 Å². The van der Waals surface area contributed by atoms with Gasteiger partial charge in [0.2, 0.25) is 5.91 Å². The highest BCUT2D eigenvalue weighted by Crippen LogP contribution is 2.44. The lowest BCUT2D eigenvalue weighted by Gasteiger charge is -2.28. The Bertz CT molecular complexity index is 1230. The zero-order valence-corrected chi connectivity index (χ0v) is 24.1. The van der Waals surface area contributed by atoms with Crippen LogP contribution in [0.5, 0.6) is 0 Å². The number of nitrogens with one attached hydrogen (secondary N) is 2. The molecule has 1 aliphatic heterocycles. The van der Waals surface area contributed by atoms with Gasteiger partial charge >= 0.3 is 18.2 Å². The third-order valence-electron chi connectivity index (χ3n) is 7.27. The van der Waals surface area contributed by atoms with E-state index in [1.807, 2.05) is 24.3 Å². The molecule has 2 N–H and O–H groups in total. The van der Waals surface area contributed by atoms with Gasteiger partial charge in [-0.05, 0) is 68.7 Å². The Morgan fingerprint density at radius 2 is 1.63 bits per heavy atom. The van der Waals surface area contributed by atoms with Crippen molar-refractivity contribution >= 4 is 24.1 Å². The minimum atomic E-state index is -0.919. The number of amides is 3. The van der Waals surface area contributed by atoms with Crippen LogP contribution in [0.25, 0.3) is 11.1 Å². The second-order valence-corrected chi connectivity index (χ2v) is 11.3. The Kier molecular flexibility index (Phi) is 9.52. The quantitative estimate of drug-likeness (QED) is 0.263. The summed E-state index contributed by atoms with van der Waals surface area (Å²) in [5, 5.41) is 5.44. The monoisotopic (exact) mass is 565 g/mol. The van der Waals surface area contributed by atoms with Crippen LogP contribution >= 0.6 is 0 Å². The molecule has 1 unspecified atom stereocenters. The molecule has 1 saturated heterocycles. The van der Waals surface area contributed by atoms with Gasteiger partial charge < -0.3 is 24.8 Å². The maximum atomic E-state index is 13.0. The molecule has 10 nitrogen and oxygen atoms in total. The number of likely N-dealkylation sites (tertiary alicyclic amines) is 1. The Morgan fingerprint density at radius 3 is 2.24 bits per heavy atom. The van der Waals surface area contributed by atoms with Crippen LogP contribution in [0.1, 0.15) is 63.5 Å². The van der Waals surface area contributed by atoms with E-state index >= 15 is 0 Å². The SMILES string of the molecule is COC(=O)C(CCCNC(=O)OCC1c2ccccc2-c2ccccc21)NC(=O)[C@@H]1CCCN1C(=O)OC(C)(C)C. The van der Waals surface area contributed by atoms with Gasteiger partial charge in [-0.15, -0.1) is 0 Å². The minimum Gasteiger partial charge on any atom is -0.467 e. The van der Waals surface area contributed by atoms with Crippen LogP contribution in [0.2, 0.25) is 0 Å². The topological polar surface area (TPSA) is 123 Å². The first-order valence-electron chi connectivity index (χ1n) is 14.1. The van der Waals surface area contributed by atoms with Gasteiger partial charge in [0.1, 0.15) is 24.3 Å². The molecule has 0 aromatic heterocycles. The van der Waals surface area contributed by atoms with Crippen LogP contribution < -0.4 is 10.6 Å². The lowest BCUT2D eigenvalue weighted by Crippen LogP contribution is -2.52. The molecule has 3 amide bonds. The van der Waals surface area contributed by atoms with Gasteiger partial charge in [-0.2, -0.15) is 0 Å². The third kappa shape index (κ3) is 7.36. The fraction of sp³-hybridized carbons (Fsp3) is 0.484. The highest BCUT2D eigenvalue weighted by molar-refractivity contribution is 5.90. The van der Waals surface area contributed by atoms with E-state index in [1.54, 1.807) is 20.8 Å². The second kappa shape index (κ2) is 13.1. The molecule has 1 heterocycles. The van der Waals surface area contributed by atoms with E-state index in [4.69, 9.17) is 14.2 Å². The summed E-state index contributed by atoms with van der Waals surface area (Å²) in [6.45, 7) is 6.14. The molecule has 2 aliphatic rings. The predicted molar refractivity (Wildman–Crippen MR) is 152 cm³/mol. The molecule has 2 aromatic carbocycles. The number of nitrogens with zero attached hydrogens (tertiary/aromatic N) is 1. The summed E-state index contributed by atoms with van der Waals surface area (Å²) in [4.78, 5) is 51.8. The van der Waals surface area contributed by atoms with Crippen molar-refractivity contribution in [2.24, 2.45) is 0 Å². The number of benzene rings is 2. The molecule has 2 atom stereocenters. The summed E-state index contributed by atoms with van der Waals surface area (Å²) >= 11 is 0. The van der Waals surface area contributed by atoms with Gasteiger partial charge in [0.05, 0.1) is 7.11 Å². The largest absolute Gasteiger partial charge is 0.467 e. The number of hydrogen-bond donors (Lipinski definition) is 2. The van der Waals surface area contributed by atoms with Gasteiger partial charge in [-0.1, -0.05) is 48.5 Å². The Labute approximate surface area is 240 Å². The number of carbonyl (C=O) groups excluding carboxylic acids is 4. The normalized spacial score (nSPS) is 16.8. The molecule has 220 valence electrons. The van der Waals surface area contributed by atoms with Gasteiger partial charge in [-0.3, -0.25) is 9.69 Å². The predicted octanol–water partition coefficient (Wildman–Crippen LogP) is 4.36. The third-order valence-corrected chi connectivity index (χ3v) is 7.27. The lowest BCUT2D eigenvalue weighted by atomic mass is 9.98.